The summed E-state index contributed by atoms with van der Waals surface area (Å²) in [7, 11) is 0. The fourth-order valence-corrected chi connectivity index (χ4v) is 3.91. The molecule has 1 saturated carbocycles. The summed E-state index contributed by atoms with van der Waals surface area (Å²) < 4.78 is 13.7. The third-order valence-corrected chi connectivity index (χ3v) is 4.95. The normalized spacial score (nSPS) is 22.0. The van der Waals surface area contributed by atoms with Crippen LogP contribution in [-0.2, 0) is 0 Å². The van der Waals surface area contributed by atoms with Crippen LogP contribution in [-0.4, -0.2) is 31.1 Å². The number of aryl methyl sites for hydroxylation is 1. The standard InChI is InChI=1S/C17H25FN2.ClH/c1-13-6-7-15(18)12-16(13)17(14-4-2-3-5-14)20-10-8-19-9-11-20;/h6-7,12,14,17,19H,2-5,8-11H2,1H3;1H/t17-;/m1./s1. The van der Waals surface area contributed by atoms with Crippen molar-refractivity contribution >= 4 is 12.4 Å². The van der Waals surface area contributed by atoms with Gasteiger partial charge in [-0.05, 0) is 48.9 Å². The van der Waals surface area contributed by atoms with E-state index in [0.29, 0.717) is 12.0 Å². The second kappa shape index (κ2) is 7.57. The zero-order chi connectivity index (χ0) is 13.9. The number of rotatable bonds is 3. The highest BCUT2D eigenvalue weighted by Crippen LogP contribution is 2.40. The second-order valence-electron chi connectivity index (χ2n) is 6.28. The average Bonchev–Trinajstić information content (AvgIpc) is 2.98. The molecule has 2 nitrogen and oxygen atoms in total. The van der Waals surface area contributed by atoms with Crippen LogP contribution in [0.3, 0.4) is 0 Å². The van der Waals surface area contributed by atoms with Gasteiger partial charge in [-0.3, -0.25) is 4.90 Å². The molecule has 1 N–H and O–H groups in total. The van der Waals surface area contributed by atoms with E-state index in [2.05, 4.69) is 17.1 Å². The summed E-state index contributed by atoms with van der Waals surface area (Å²) in [5.74, 6) is 0.609. The Kier molecular flexibility index (Phi) is 6.03. The number of nitrogens with zero attached hydrogens (tertiary/aromatic N) is 1. The Labute approximate surface area is 133 Å². The highest BCUT2D eigenvalue weighted by Gasteiger charge is 2.32. The molecule has 2 aliphatic rings. The highest BCUT2D eigenvalue weighted by molar-refractivity contribution is 5.85. The molecule has 3 rings (SSSR count). The fraction of sp³-hybridized carbons (Fsp3) is 0.647. The van der Waals surface area contributed by atoms with Crippen molar-refractivity contribution in [2.75, 3.05) is 26.2 Å². The Bertz CT molecular complexity index is 454. The molecule has 2 fully saturated rings. The molecule has 0 unspecified atom stereocenters. The Balaban J connectivity index is 0.00000161. The minimum atomic E-state index is -0.0938. The first-order chi connectivity index (χ1) is 9.75. The minimum absolute atomic E-state index is 0. The van der Waals surface area contributed by atoms with Crippen LogP contribution in [0.15, 0.2) is 18.2 Å². The molecule has 0 bridgehead atoms. The van der Waals surface area contributed by atoms with Gasteiger partial charge in [-0.2, -0.15) is 0 Å². The molecule has 0 aromatic heterocycles. The van der Waals surface area contributed by atoms with Gasteiger partial charge in [-0.25, -0.2) is 4.39 Å². The molecule has 1 aromatic rings. The highest BCUT2D eigenvalue weighted by atomic mass is 35.5. The van der Waals surface area contributed by atoms with Crippen molar-refractivity contribution < 1.29 is 4.39 Å². The minimum Gasteiger partial charge on any atom is -0.314 e. The van der Waals surface area contributed by atoms with Gasteiger partial charge in [-0.1, -0.05) is 18.9 Å². The third kappa shape index (κ3) is 3.77. The van der Waals surface area contributed by atoms with E-state index < -0.39 is 0 Å². The number of benzene rings is 1. The SMILES string of the molecule is Cc1ccc(F)cc1[C@@H](C1CCCC1)N1CCNCC1.Cl. The van der Waals surface area contributed by atoms with Crippen LogP contribution in [0.25, 0.3) is 0 Å². The summed E-state index contributed by atoms with van der Waals surface area (Å²) in [6.45, 7) is 6.39. The number of halogens is 2. The molecular formula is C17H26ClFN2. The first-order valence-corrected chi connectivity index (χ1v) is 7.96. The van der Waals surface area contributed by atoms with E-state index >= 15 is 0 Å². The molecule has 21 heavy (non-hydrogen) atoms. The van der Waals surface area contributed by atoms with E-state index in [-0.39, 0.29) is 18.2 Å². The van der Waals surface area contributed by atoms with Crippen LogP contribution in [0.1, 0.15) is 42.9 Å². The van der Waals surface area contributed by atoms with Crippen molar-refractivity contribution in [2.24, 2.45) is 5.92 Å². The molecule has 1 saturated heterocycles. The zero-order valence-electron chi connectivity index (χ0n) is 12.8. The lowest BCUT2D eigenvalue weighted by atomic mass is 9.87. The Morgan fingerprint density at radius 2 is 1.86 bits per heavy atom. The molecule has 4 heteroatoms. The predicted molar refractivity (Wildman–Crippen MR) is 87.5 cm³/mol. The molecule has 0 radical (unpaired) electrons. The fourth-order valence-electron chi connectivity index (χ4n) is 3.91. The van der Waals surface area contributed by atoms with Crippen LogP contribution in [0, 0.1) is 18.7 Å². The Morgan fingerprint density at radius 3 is 2.52 bits per heavy atom. The van der Waals surface area contributed by atoms with Gasteiger partial charge < -0.3 is 5.32 Å². The quantitative estimate of drug-likeness (QED) is 0.915. The lowest BCUT2D eigenvalue weighted by Gasteiger charge is -2.39. The first-order valence-electron chi connectivity index (χ1n) is 7.96. The molecule has 1 aliphatic carbocycles. The monoisotopic (exact) mass is 312 g/mol. The summed E-state index contributed by atoms with van der Waals surface area (Å²) in [5, 5.41) is 3.42. The topological polar surface area (TPSA) is 15.3 Å². The maximum atomic E-state index is 13.7. The summed E-state index contributed by atoms with van der Waals surface area (Å²) in [5.41, 5.74) is 2.46. The largest absolute Gasteiger partial charge is 0.314 e. The van der Waals surface area contributed by atoms with Crippen molar-refractivity contribution in [2.45, 2.75) is 38.6 Å². The van der Waals surface area contributed by atoms with Gasteiger partial charge in [0, 0.05) is 32.2 Å². The van der Waals surface area contributed by atoms with Gasteiger partial charge in [0.15, 0.2) is 0 Å². The molecule has 0 spiro atoms. The number of nitrogens with one attached hydrogen (secondary N) is 1. The molecule has 1 atom stereocenters. The summed E-state index contributed by atoms with van der Waals surface area (Å²) in [6, 6.07) is 5.72. The second-order valence-corrected chi connectivity index (χ2v) is 6.28. The zero-order valence-corrected chi connectivity index (χ0v) is 13.6. The Hall–Kier alpha value is -0.640. The molecule has 1 aliphatic heterocycles. The van der Waals surface area contributed by atoms with Crippen molar-refractivity contribution in [3.8, 4) is 0 Å². The van der Waals surface area contributed by atoms with E-state index in [1.165, 1.54) is 36.8 Å². The Morgan fingerprint density at radius 1 is 1.19 bits per heavy atom. The van der Waals surface area contributed by atoms with E-state index in [1.807, 2.05) is 6.07 Å². The lowest BCUT2D eigenvalue weighted by Crippen LogP contribution is -2.46. The molecule has 1 heterocycles. The van der Waals surface area contributed by atoms with Gasteiger partial charge in [-0.15, -0.1) is 12.4 Å². The van der Waals surface area contributed by atoms with Gasteiger partial charge >= 0.3 is 0 Å². The van der Waals surface area contributed by atoms with E-state index in [1.54, 1.807) is 12.1 Å². The van der Waals surface area contributed by atoms with Gasteiger partial charge in [0.1, 0.15) is 5.82 Å². The maximum Gasteiger partial charge on any atom is 0.123 e. The van der Waals surface area contributed by atoms with Crippen molar-refractivity contribution in [1.29, 1.82) is 0 Å². The van der Waals surface area contributed by atoms with Gasteiger partial charge in [0.2, 0.25) is 0 Å². The molecule has 118 valence electrons. The smallest absolute Gasteiger partial charge is 0.123 e. The van der Waals surface area contributed by atoms with Crippen molar-refractivity contribution in [3.63, 3.8) is 0 Å². The predicted octanol–water partition coefficient (Wildman–Crippen LogP) is 3.69. The maximum absolute atomic E-state index is 13.7. The first kappa shape index (κ1) is 16.7. The van der Waals surface area contributed by atoms with Crippen LogP contribution in [0.5, 0.6) is 0 Å². The number of hydrogen-bond donors (Lipinski definition) is 1. The average molecular weight is 313 g/mol. The van der Waals surface area contributed by atoms with E-state index in [0.717, 1.165) is 26.2 Å². The molecule has 0 amide bonds. The van der Waals surface area contributed by atoms with Crippen LogP contribution in [0.2, 0.25) is 0 Å². The lowest BCUT2D eigenvalue weighted by molar-refractivity contribution is 0.125. The third-order valence-electron chi connectivity index (χ3n) is 4.95. The van der Waals surface area contributed by atoms with E-state index in [9.17, 15) is 4.39 Å². The summed E-state index contributed by atoms with van der Waals surface area (Å²) in [4.78, 5) is 2.58. The van der Waals surface area contributed by atoms with E-state index in [4.69, 9.17) is 0 Å². The number of piperazine rings is 1. The van der Waals surface area contributed by atoms with Gasteiger partial charge in [0.25, 0.3) is 0 Å². The molecular weight excluding hydrogens is 287 g/mol. The summed E-state index contributed by atoms with van der Waals surface area (Å²) in [6.07, 6.45) is 5.26. The summed E-state index contributed by atoms with van der Waals surface area (Å²) >= 11 is 0. The van der Waals surface area contributed by atoms with Gasteiger partial charge in [0.05, 0.1) is 0 Å². The van der Waals surface area contributed by atoms with Crippen molar-refractivity contribution in [3.05, 3.63) is 35.1 Å². The van der Waals surface area contributed by atoms with Crippen LogP contribution < -0.4 is 5.32 Å². The van der Waals surface area contributed by atoms with Crippen LogP contribution >= 0.6 is 12.4 Å². The van der Waals surface area contributed by atoms with Crippen LogP contribution in [0.4, 0.5) is 4.39 Å². The number of hydrogen-bond acceptors (Lipinski definition) is 2. The van der Waals surface area contributed by atoms with Crippen molar-refractivity contribution in [1.82, 2.24) is 10.2 Å². The molecule has 1 aromatic carbocycles.